The van der Waals surface area contributed by atoms with Crippen molar-refractivity contribution in [3.05, 3.63) is 90.5 Å². The first-order valence-corrected chi connectivity index (χ1v) is 16.6. The number of rotatable bonds is 16. The quantitative estimate of drug-likeness (QED) is 0.121. The lowest BCUT2D eigenvalue weighted by Gasteiger charge is -2.27. The van der Waals surface area contributed by atoms with Gasteiger partial charge in [-0.25, -0.2) is 0 Å². The van der Waals surface area contributed by atoms with Crippen molar-refractivity contribution in [2.75, 3.05) is 6.54 Å². The Morgan fingerprint density at radius 2 is 1.37 bits per heavy atom. The van der Waals surface area contributed by atoms with Gasteiger partial charge in [0.05, 0.1) is 12.6 Å². The van der Waals surface area contributed by atoms with Crippen LogP contribution < -0.4 is 26.4 Å². The fraction of sp³-hybridized carbons (Fsp3) is 0.371. The number of hydrogen-bond donors (Lipinski definition) is 6. The number of hydrogen-bond acceptors (Lipinski definition) is 7. The third-order valence-electron chi connectivity index (χ3n) is 6.82. The van der Waals surface area contributed by atoms with Gasteiger partial charge < -0.3 is 26.8 Å². The lowest BCUT2D eigenvalue weighted by Crippen LogP contribution is -2.57. The van der Waals surface area contributed by atoms with Crippen molar-refractivity contribution in [1.29, 1.82) is 0 Å². The van der Waals surface area contributed by atoms with E-state index in [0.717, 1.165) is 16.0 Å². The Kier molecular flexibility index (Phi) is 17.4. The first kappa shape index (κ1) is 40.8. The van der Waals surface area contributed by atoms with Gasteiger partial charge in [-0.1, -0.05) is 93.1 Å². The van der Waals surface area contributed by atoms with Crippen molar-refractivity contribution in [3.8, 4) is 11.1 Å². The molecule has 0 bridgehead atoms. The first-order chi connectivity index (χ1) is 23.2. The molecule has 0 radical (unpaired) electrons. The van der Waals surface area contributed by atoms with E-state index in [0.29, 0.717) is 5.56 Å². The van der Waals surface area contributed by atoms with Gasteiger partial charge in [-0.15, -0.1) is 0 Å². The van der Waals surface area contributed by atoms with E-state index in [4.69, 9.17) is 5.73 Å². The molecule has 0 aliphatic carbocycles. The Morgan fingerprint density at radius 3 is 1.92 bits per heavy atom. The van der Waals surface area contributed by atoms with Crippen LogP contribution in [0.15, 0.2) is 89.8 Å². The summed E-state index contributed by atoms with van der Waals surface area (Å²) in [4.78, 5) is 50.7. The van der Waals surface area contributed by atoms with Crippen molar-refractivity contribution in [2.24, 2.45) is 5.73 Å². The number of alkyl halides is 3. The molecule has 0 aliphatic heterocycles. The molecular formula is C35H44F3N5O5S. The zero-order valence-corrected chi connectivity index (χ0v) is 28.4. The summed E-state index contributed by atoms with van der Waals surface area (Å²) in [6.07, 6.45) is -7.82. The van der Waals surface area contributed by atoms with Gasteiger partial charge in [0.2, 0.25) is 23.6 Å². The first-order valence-electron chi connectivity index (χ1n) is 15.8. The van der Waals surface area contributed by atoms with E-state index in [2.05, 4.69) is 29.2 Å². The third-order valence-corrected chi connectivity index (χ3v) is 7.61. The van der Waals surface area contributed by atoms with Crippen molar-refractivity contribution in [1.82, 2.24) is 20.7 Å². The van der Waals surface area contributed by atoms with Crippen LogP contribution in [0.4, 0.5) is 13.2 Å². The van der Waals surface area contributed by atoms with E-state index < -0.39 is 66.9 Å². The normalized spacial score (nSPS) is 13.4. The van der Waals surface area contributed by atoms with Crippen LogP contribution in [-0.2, 0) is 25.6 Å². The Labute approximate surface area is 288 Å². The summed E-state index contributed by atoms with van der Waals surface area (Å²) in [5.41, 5.74) is 7.84. The Balaban J connectivity index is 0.00000267. The second-order valence-electron chi connectivity index (χ2n) is 11.2. The van der Waals surface area contributed by atoms with Crippen LogP contribution in [-0.4, -0.2) is 65.7 Å². The number of nitrogens with one attached hydrogen (secondary N) is 4. The molecular weight excluding hydrogens is 659 g/mol. The molecule has 266 valence electrons. The van der Waals surface area contributed by atoms with E-state index in [1.165, 1.54) is 25.3 Å². The molecule has 0 saturated carbocycles. The van der Waals surface area contributed by atoms with Crippen LogP contribution >= 0.6 is 11.9 Å². The van der Waals surface area contributed by atoms with Gasteiger partial charge in [-0.05, 0) is 54.1 Å². The molecule has 4 atom stereocenters. The lowest BCUT2D eigenvalue weighted by molar-refractivity contribution is -0.212. The number of carbonyl (C=O) groups excluding carboxylic acids is 4. The molecule has 0 fully saturated rings. The van der Waals surface area contributed by atoms with Crippen molar-refractivity contribution < 1.29 is 37.5 Å². The number of nitrogens with two attached hydrogens (primary N) is 1. The highest BCUT2D eigenvalue weighted by Crippen LogP contribution is 2.25. The van der Waals surface area contributed by atoms with E-state index in [1.807, 2.05) is 59.9 Å². The highest BCUT2D eigenvalue weighted by atomic mass is 32.2. The molecule has 14 heteroatoms. The molecule has 0 saturated heterocycles. The maximum atomic E-state index is 13.2. The van der Waals surface area contributed by atoms with Crippen LogP contribution in [0.5, 0.6) is 0 Å². The standard InChI is InChI=1S/C32H36F3N5O5S.C3H8/c1-20(30(44)40-25(16-17-27(36)41)29(43)32(33,34)35)38-31(45)26(18-21-8-4-2-5-9-21)39-28(42)19-37-46-24-14-12-23(13-15-24)22-10-6-3-7-11-22;1-3-2/h2-15,20,25-26,29,37,43H,16-19H2,1H3,(H2,36,41)(H,38,45)(H,39,42)(H,40,44);3H2,1-2H3/t20-,25?,26-,29?;/m0./s1. The number of amides is 4. The highest BCUT2D eigenvalue weighted by Gasteiger charge is 2.44. The van der Waals surface area contributed by atoms with E-state index in [-0.39, 0.29) is 13.0 Å². The molecule has 4 amide bonds. The Morgan fingerprint density at radius 1 is 0.816 bits per heavy atom. The molecule has 3 aromatic carbocycles. The SMILES string of the molecule is CCC.C[C@H](NC(=O)[C@H](Cc1ccccc1)NC(=O)CNSc1ccc(-c2ccccc2)cc1)C(=O)NC(CCC(N)=O)C(O)C(F)(F)F. The smallest absolute Gasteiger partial charge is 0.382 e. The maximum Gasteiger partial charge on any atom is 0.416 e. The monoisotopic (exact) mass is 703 g/mol. The summed E-state index contributed by atoms with van der Waals surface area (Å²) in [6.45, 7) is 5.33. The van der Waals surface area contributed by atoms with Crippen LogP contribution in [0, 0.1) is 0 Å². The second kappa shape index (κ2) is 20.9. The third kappa shape index (κ3) is 15.1. The van der Waals surface area contributed by atoms with Crippen LogP contribution in [0.25, 0.3) is 11.1 Å². The minimum Gasteiger partial charge on any atom is -0.382 e. The molecule has 49 heavy (non-hydrogen) atoms. The summed E-state index contributed by atoms with van der Waals surface area (Å²) < 4.78 is 42.4. The fourth-order valence-corrected chi connectivity index (χ4v) is 5.00. The van der Waals surface area contributed by atoms with E-state index in [1.54, 1.807) is 30.3 Å². The average molecular weight is 704 g/mol. The van der Waals surface area contributed by atoms with Gasteiger partial charge in [0.15, 0.2) is 6.10 Å². The average Bonchev–Trinajstić information content (AvgIpc) is 3.07. The van der Waals surface area contributed by atoms with Crippen molar-refractivity contribution in [2.45, 2.75) is 81.8 Å². The van der Waals surface area contributed by atoms with Crippen molar-refractivity contribution >= 4 is 35.6 Å². The largest absolute Gasteiger partial charge is 0.416 e. The number of aliphatic hydroxyl groups excluding tert-OH is 1. The number of benzene rings is 3. The Bertz CT molecular complexity index is 1460. The predicted octanol–water partition coefficient (Wildman–Crippen LogP) is 4.27. The molecule has 10 nitrogen and oxygen atoms in total. The summed E-state index contributed by atoms with van der Waals surface area (Å²) in [5, 5.41) is 16.8. The maximum absolute atomic E-state index is 13.2. The van der Waals surface area contributed by atoms with Gasteiger partial charge in [0.25, 0.3) is 0 Å². The Hall–Kier alpha value is -4.40. The van der Waals surface area contributed by atoms with E-state index in [9.17, 15) is 37.5 Å². The molecule has 0 aliphatic rings. The topological polar surface area (TPSA) is 163 Å². The molecule has 0 heterocycles. The minimum absolute atomic E-state index is 0.0644. The fourth-order valence-electron chi connectivity index (χ4n) is 4.36. The highest BCUT2D eigenvalue weighted by molar-refractivity contribution is 7.97. The molecule has 3 aromatic rings. The number of aliphatic hydroxyl groups is 1. The molecule has 2 unspecified atom stereocenters. The van der Waals surface area contributed by atoms with Gasteiger partial charge >= 0.3 is 6.18 Å². The van der Waals surface area contributed by atoms with E-state index >= 15 is 0 Å². The number of carbonyl (C=O) groups is 4. The second-order valence-corrected chi connectivity index (χ2v) is 12.1. The zero-order valence-electron chi connectivity index (χ0n) is 27.6. The number of primary amides is 1. The van der Waals surface area contributed by atoms with Gasteiger partial charge in [-0.2, -0.15) is 13.2 Å². The zero-order chi connectivity index (χ0) is 36.4. The molecule has 7 N–H and O–H groups in total. The van der Waals surface area contributed by atoms with Crippen molar-refractivity contribution in [3.63, 3.8) is 0 Å². The number of halogens is 3. The molecule has 3 rings (SSSR count). The molecule has 0 spiro atoms. The van der Waals surface area contributed by atoms with Gasteiger partial charge in [0.1, 0.15) is 12.1 Å². The van der Waals surface area contributed by atoms with Gasteiger partial charge in [0, 0.05) is 17.7 Å². The minimum atomic E-state index is -5.08. The predicted molar refractivity (Wildman–Crippen MR) is 184 cm³/mol. The summed E-state index contributed by atoms with van der Waals surface area (Å²) in [5.74, 6) is -3.22. The summed E-state index contributed by atoms with van der Waals surface area (Å²) in [6, 6.07) is 22.0. The van der Waals surface area contributed by atoms with Crippen LogP contribution in [0.1, 0.15) is 45.6 Å². The summed E-state index contributed by atoms with van der Waals surface area (Å²) in [7, 11) is 0. The molecule has 0 aromatic heterocycles. The summed E-state index contributed by atoms with van der Waals surface area (Å²) >= 11 is 1.23. The van der Waals surface area contributed by atoms with Crippen LogP contribution in [0.3, 0.4) is 0 Å². The lowest BCUT2D eigenvalue weighted by atomic mass is 10.0. The van der Waals surface area contributed by atoms with Gasteiger partial charge in [-0.3, -0.25) is 23.9 Å². The van der Waals surface area contributed by atoms with Crippen LogP contribution in [0.2, 0.25) is 0 Å².